The summed E-state index contributed by atoms with van der Waals surface area (Å²) in [5, 5.41) is 10.9. The fourth-order valence-electron chi connectivity index (χ4n) is 3.21. The normalized spacial score (nSPS) is 18.1. The van der Waals surface area contributed by atoms with Crippen LogP contribution in [0.5, 0.6) is 0 Å². The summed E-state index contributed by atoms with van der Waals surface area (Å²) in [6, 6.07) is 6.77. The van der Waals surface area contributed by atoms with Crippen molar-refractivity contribution in [2.24, 2.45) is 0 Å². The van der Waals surface area contributed by atoms with E-state index in [0.29, 0.717) is 11.3 Å². The number of carbonyl (C=O) groups excluding carboxylic acids is 1. The molecule has 7 nitrogen and oxygen atoms in total. The zero-order chi connectivity index (χ0) is 18.9. The Hall–Kier alpha value is -2.49. The van der Waals surface area contributed by atoms with E-state index in [0.717, 1.165) is 0 Å². The quantitative estimate of drug-likeness (QED) is 0.826. The van der Waals surface area contributed by atoms with E-state index in [2.05, 4.69) is 15.5 Å². The maximum atomic E-state index is 12.8. The lowest BCUT2D eigenvalue weighted by Gasteiger charge is -2.47. The van der Waals surface area contributed by atoms with Gasteiger partial charge in [-0.05, 0) is 48.5 Å². The van der Waals surface area contributed by atoms with E-state index < -0.39 is 18.3 Å². The van der Waals surface area contributed by atoms with Crippen LogP contribution < -0.4 is 0 Å². The van der Waals surface area contributed by atoms with Crippen LogP contribution in [0, 0.1) is 0 Å². The van der Waals surface area contributed by atoms with Crippen molar-refractivity contribution in [1.82, 2.24) is 30.0 Å². The Balaban J connectivity index is 1.71. The lowest BCUT2D eigenvalue weighted by atomic mass is 9.97. The molecule has 1 aliphatic heterocycles. The van der Waals surface area contributed by atoms with Crippen molar-refractivity contribution >= 4 is 5.91 Å². The molecule has 1 aliphatic rings. The molecule has 0 saturated carbocycles. The zero-order valence-electron chi connectivity index (χ0n) is 14.4. The van der Waals surface area contributed by atoms with Crippen molar-refractivity contribution in [1.29, 1.82) is 0 Å². The van der Waals surface area contributed by atoms with E-state index in [4.69, 9.17) is 0 Å². The van der Waals surface area contributed by atoms with Gasteiger partial charge in [-0.15, -0.1) is 5.10 Å². The van der Waals surface area contributed by atoms with Gasteiger partial charge in [0, 0.05) is 25.2 Å². The Morgan fingerprint density at radius 2 is 1.88 bits per heavy atom. The largest absolute Gasteiger partial charge is 0.401 e. The highest BCUT2D eigenvalue weighted by Gasteiger charge is 2.40. The van der Waals surface area contributed by atoms with Crippen molar-refractivity contribution in [3.63, 3.8) is 0 Å². The van der Waals surface area contributed by atoms with Crippen LogP contribution in [-0.4, -0.2) is 73.8 Å². The SMILES string of the molecule is CC1(C)CN(CC(F)(F)F)CCN1C(=O)c1ccc(-n2cnnn2)cc1. The van der Waals surface area contributed by atoms with Crippen LogP contribution in [-0.2, 0) is 0 Å². The van der Waals surface area contributed by atoms with Gasteiger partial charge in [0.15, 0.2) is 0 Å². The number of piperazine rings is 1. The summed E-state index contributed by atoms with van der Waals surface area (Å²) >= 11 is 0. The smallest absolute Gasteiger partial charge is 0.331 e. The fourth-order valence-corrected chi connectivity index (χ4v) is 3.21. The van der Waals surface area contributed by atoms with Gasteiger partial charge in [-0.3, -0.25) is 9.69 Å². The highest BCUT2D eigenvalue weighted by atomic mass is 19.4. The Morgan fingerprint density at radius 1 is 1.19 bits per heavy atom. The van der Waals surface area contributed by atoms with Gasteiger partial charge in [-0.25, -0.2) is 4.68 Å². The van der Waals surface area contributed by atoms with E-state index in [1.807, 2.05) is 0 Å². The number of amides is 1. The molecular weight excluding hydrogens is 349 g/mol. The number of carbonyl (C=O) groups is 1. The summed E-state index contributed by atoms with van der Waals surface area (Å²) in [5.41, 5.74) is 0.481. The third-order valence-electron chi connectivity index (χ3n) is 4.36. The second-order valence-electron chi connectivity index (χ2n) is 6.90. The average molecular weight is 368 g/mol. The van der Waals surface area contributed by atoms with Crippen LogP contribution in [0.4, 0.5) is 13.2 Å². The first-order chi connectivity index (χ1) is 12.2. The number of rotatable bonds is 3. The number of hydrogen-bond donors (Lipinski definition) is 0. The molecule has 0 unspecified atom stereocenters. The van der Waals surface area contributed by atoms with Gasteiger partial charge in [0.2, 0.25) is 0 Å². The summed E-state index contributed by atoms with van der Waals surface area (Å²) < 4.78 is 39.4. The molecule has 0 atom stereocenters. The first kappa shape index (κ1) is 18.3. The Kier molecular flexibility index (Phi) is 4.70. The van der Waals surface area contributed by atoms with Crippen LogP contribution >= 0.6 is 0 Å². The second-order valence-corrected chi connectivity index (χ2v) is 6.90. The first-order valence-corrected chi connectivity index (χ1v) is 8.10. The zero-order valence-corrected chi connectivity index (χ0v) is 14.4. The molecule has 1 saturated heterocycles. The number of benzene rings is 1. The van der Waals surface area contributed by atoms with E-state index in [-0.39, 0.29) is 25.5 Å². The minimum Gasteiger partial charge on any atom is -0.331 e. The lowest BCUT2D eigenvalue weighted by molar-refractivity contribution is -0.153. The van der Waals surface area contributed by atoms with Gasteiger partial charge < -0.3 is 4.90 Å². The summed E-state index contributed by atoms with van der Waals surface area (Å²) in [6.45, 7) is 3.21. The van der Waals surface area contributed by atoms with Gasteiger partial charge >= 0.3 is 6.18 Å². The monoisotopic (exact) mass is 368 g/mol. The van der Waals surface area contributed by atoms with Gasteiger partial charge in [0.25, 0.3) is 5.91 Å². The Morgan fingerprint density at radius 3 is 2.42 bits per heavy atom. The topological polar surface area (TPSA) is 67.2 Å². The van der Waals surface area contributed by atoms with Crippen molar-refractivity contribution in [2.45, 2.75) is 25.6 Å². The summed E-state index contributed by atoms with van der Waals surface area (Å²) in [6.07, 6.45) is -2.80. The lowest BCUT2D eigenvalue weighted by Crippen LogP contribution is -2.62. The number of halogens is 3. The van der Waals surface area contributed by atoms with Crippen LogP contribution in [0.25, 0.3) is 5.69 Å². The van der Waals surface area contributed by atoms with E-state index in [1.54, 1.807) is 43.0 Å². The van der Waals surface area contributed by atoms with Gasteiger partial charge in [-0.1, -0.05) is 0 Å². The van der Waals surface area contributed by atoms with Crippen molar-refractivity contribution in [3.8, 4) is 5.69 Å². The fraction of sp³-hybridized carbons (Fsp3) is 0.500. The molecule has 26 heavy (non-hydrogen) atoms. The van der Waals surface area contributed by atoms with Gasteiger partial charge in [-0.2, -0.15) is 13.2 Å². The third-order valence-corrected chi connectivity index (χ3v) is 4.36. The number of aromatic nitrogens is 4. The molecule has 3 rings (SSSR count). The predicted octanol–water partition coefficient (Wildman–Crippen LogP) is 1.76. The molecular formula is C16H19F3N6O. The molecule has 2 aromatic rings. The van der Waals surface area contributed by atoms with Crippen molar-refractivity contribution < 1.29 is 18.0 Å². The highest BCUT2D eigenvalue weighted by molar-refractivity contribution is 5.95. The molecule has 0 radical (unpaired) electrons. The highest BCUT2D eigenvalue weighted by Crippen LogP contribution is 2.26. The Bertz CT molecular complexity index is 757. The second kappa shape index (κ2) is 6.67. The van der Waals surface area contributed by atoms with Crippen LogP contribution in [0.1, 0.15) is 24.2 Å². The van der Waals surface area contributed by atoms with E-state index in [1.165, 1.54) is 15.9 Å². The van der Waals surface area contributed by atoms with Crippen LogP contribution in [0.2, 0.25) is 0 Å². The minimum absolute atomic E-state index is 0.168. The minimum atomic E-state index is -4.24. The van der Waals surface area contributed by atoms with Gasteiger partial charge in [0.05, 0.1) is 17.8 Å². The predicted molar refractivity (Wildman–Crippen MR) is 86.8 cm³/mol. The van der Waals surface area contributed by atoms with Gasteiger partial charge in [0.1, 0.15) is 6.33 Å². The maximum absolute atomic E-state index is 12.8. The first-order valence-electron chi connectivity index (χ1n) is 8.10. The molecule has 0 spiro atoms. The van der Waals surface area contributed by atoms with E-state index >= 15 is 0 Å². The van der Waals surface area contributed by atoms with Crippen molar-refractivity contribution in [2.75, 3.05) is 26.2 Å². The Labute approximate surface area is 148 Å². The van der Waals surface area contributed by atoms with Crippen LogP contribution in [0.3, 0.4) is 0 Å². The number of alkyl halides is 3. The molecule has 0 bridgehead atoms. The van der Waals surface area contributed by atoms with Crippen LogP contribution in [0.15, 0.2) is 30.6 Å². The summed E-state index contributed by atoms with van der Waals surface area (Å²) in [7, 11) is 0. The van der Waals surface area contributed by atoms with E-state index in [9.17, 15) is 18.0 Å². The molecule has 1 aromatic heterocycles. The molecule has 1 fully saturated rings. The number of nitrogens with zero attached hydrogens (tertiary/aromatic N) is 6. The summed E-state index contributed by atoms with van der Waals surface area (Å²) in [5.74, 6) is -0.204. The molecule has 0 N–H and O–H groups in total. The maximum Gasteiger partial charge on any atom is 0.401 e. The average Bonchev–Trinajstić information content (AvgIpc) is 3.06. The molecule has 2 heterocycles. The molecule has 1 aromatic carbocycles. The molecule has 10 heteroatoms. The number of hydrogen-bond acceptors (Lipinski definition) is 5. The molecule has 1 amide bonds. The summed E-state index contributed by atoms with van der Waals surface area (Å²) in [4.78, 5) is 15.8. The number of tetrazole rings is 1. The van der Waals surface area contributed by atoms with Crippen molar-refractivity contribution in [3.05, 3.63) is 36.2 Å². The molecule has 140 valence electrons. The standard InChI is InChI=1S/C16H19F3N6O/c1-15(2)9-23(10-16(17,18)19)7-8-24(15)14(26)12-3-5-13(6-4-12)25-11-20-21-22-25/h3-6,11H,7-10H2,1-2H3. The molecule has 0 aliphatic carbocycles. The third kappa shape index (κ3) is 4.01.